The van der Waals surface area contributed by atoms with Crippen molar-refractivity contribution >= 4 is 49.4 Å². The van der Waals surface area contributed by atoms with Crippen LogP contribution >= 0.6 is 38.5 Å². The fourth-order valence-corrected chi connectivity index (χ4v) is 3.31. The molecule has 2 aromatic carbocycles. The Bertz CT molecular complexity index is 889. The fourth-order valence-electron chi connectivity index (χ4n) is 2.32. The summed E-state index contributed by atoms with van der Waals surface area (Å²) in [7, 11) is 0. The summed E-state index contributed by atoms with van der Waals surface area (Å²) in [5.74, 6) is 0.777. The Morgan fingerprint density at radius 2 is 2.00 bits per heavy atom. The van der Waals surface area contributed by atoms with E-state index in [9.17, 15) is 4.79 Å². The first kappa shape index (κ1) is 14.7. The molecule has 3 aromatic rings. The minimum absolute atomic E-state index is 0.0257. The predicted molar refractivity (Wildman–Crippen MR) is 97.1 cm³/mol. The third-order valence-electron chi connectivity index (χ3n) is 3.31. The number of hydrogen-bond donors (Lipinski definition) is 0. The molecule has 1 heterocycles. The highest BCUT2D eigenvalue weighted by Gasteiger charge is 2.13. The zero-order chi connectivity index (χ0) is 15.0. The van der Waals surface area contributed by atoms with Gasteiger partial charge in [0.25, 0.3) is 5.56 Å². The molecule has 0 radical (unpaired) electrons. The molecule has 0 saturated carbocycles. The highest BCUT2D eigenvalue weighted by Crippen LogP contribution is 2.20. The Morgan fingerprint density at radius 1 is 1.24 bits per heavy atom. The van der Waals surface area contributed by atoms with E-state index in [2.05, 4.69) is 43.5 Å². The monoisotopic (exact) mass is 454 g/mol. The van der Waals surface area contributed by atoms with Gasteiger partial charge in [-0.1, -0.05) is 35.0 Å². The molecular weight excluding hydrogens is 443 g/mol. The van der Waals surface area contributed by atoms with Gasteiger partial charge in [-0.15, -0.1) is 0 Å². The summed E-state index contributed by atoms with van der Waals surface area (Å²) < 4.78 is 3.63. The lowest BCUT2D eigenvalue weighted by Gasteiger charge is -2.14. The third-order valence-corrected chi connectivity index (χ3v) is 4.71. The molecule has 106 valence electrons. The van der Waals surface area contributed by atoms with Crippen molar-refractivity contribution in [1.82, 2.24) is 9.55 Å². The number of rotatable bonds is 2. The maximum Gasteiger partial charge on any atom is 0.266 e. The molecule has 0 spiro atoms. The van der Waals surface area contributed by atoms with Crippen LogP contribution in [0.25, 0.3) is 16.6 Å². The van der Waals surface area contributed by atoms with Crippen LogP contribution in [0.2, 0.25) is 0 Å². The Labute approximate surface area is 144 Å². The van der Waals surface area contributed by atoms with Crippen molar-refractivity contribution in [3.8, 4) is 5.69 Å². The second kappa shape index (κ2) is 5.88. The topological polar surface area (TPSA) is 34.9 Å². The van der Waals surface area contributed by atoms with Crippen LogP contribution in [0.4, 0.5) is 0 Å². The van der Waals surface area contributed by atoms with Crippen LogP contribution in [0.1, 0.15) is 12.7 Å². The predicted octanol–water partition coefficient (Wildman–Crippen LogP) is 4.32. The number of aromatic nitrogens is 2. The van der Waals surface area contributed by atoms with Crippen LogP contribution in [0.5, 0.6) is 0 Å². The van der Waals surface area contributed by atoms with Gasteiger partial charge in [-0.25, -0.2) is 4.98 Å². The minimum atomic E-state index is -0.0257. The van der Waals surface area contributed by atoms with Gasteiger partial charge in [-0.3, -0.25) is 9.36 Å². The maximum absolute atomic E-state index is 12.9. The summed E-state index contributed by atoms with van der Waals surface area (Å²) in [5, 5.41) is 0.626. The third kappa shape index (κ3) is 2.64. The van der Waals surface area contributed by atoms with Crippen LogP contribution in [0.15, 0.2) is 51.7 Å². The van der Waals surface area contributed by atoms with Gasteiger partial charge in [0.15, 0.2) is 0 Å². The lowest BCUT2D eigenvalue weighted by atomic mass is 10.2. The van der Waals surface area contributed by atoms with E-state index in [1.807, 2.05) is 49.4 Å². The molecule has 1 aromatic heterocycles. The van der Waals surface area contributed by atoms with E-state index in [0.29, 0.717) is 11.8 Å². The number of halogens is 2. The van der Waals surface area contributed by atoms with Gasteiger partial charge in [0.2, 0.25) is 0 Å². The van der Waals surface area contributed by atoms with Crippen molar-refractivity contribution in [2.75, 3.05) is 0 Å². The van der Waals surface area contributed by atoms with Gasteiger partial charge in [0.05, 0.1) is 16.6 Å². The Kier molecular flexibility index (Phi) is 4.12. The molecule has 0 amide bonds. The number of aryl methyl sites for hydroxylation is 1. The average Bonchev–Trinajstić information content (AvgIpc) is 2.49. The molecule has 3 nitrogen and oxygen atoms in total. The summed E-state index contributed by atoms with van der Waals surface area (Å²) in [5.41, 5.74) is 1.60. The molecule has 0 N–H and O–H groups in total. The second-order valence-electron chi connectivity index (χ2n) is 4.64. The Morgan fingerprint density at radius 3 is 2.71 bits per heavy atom. The lowest BCUT2D eigenvalue weighted by molar-refractivity contribution is 0.830. The Hall–Kier alpha value is -1.21. The van der Waals surface area contributed by atoms with Crippen molar-refractivity contribution in [3.05, 3.63) is 66.7 Å². The summed E-state index contributed by atoms with van der Waals surface area (Å²) in [6.45, 7) is 2.01. The Balaban J connectivity index is 2.44. The molecule has 0 atom stereocenters. The van der Waals surface area contributed by atoms with Gasteiger partial charge in [-0.05, 0) is 52.9 Å². The van der Waals surface area contributed by atoms with Gasteiger partial charge in [-0.2, -0.15) is 0 Å². The van der Waals surface area contributed by atoms with Gasteiger partial charge in [0.1, 0.15) is 5.82 Å². The number of para-hydroxylation sites is 1. The molecular formula is C16H12BrIN2O. The van der Waals surface area contributed by atoms with Crippen molar-refractivity contribution < 1.29 is 0 Å². The first-order chi connectivity index (χ1) is 10.1. The molecule has 3 rings (SSSR count). The first-order valence-electron chi connectivity index (χ1n) is 6.58. The summed E-state index contributed by atoms with van der Waals surface area (Å²) in [6, 6.07) is 13.5. The van der Waals surface area contributed by atoms with Crippen molar-refractivity contribution in [3.63, 3.8) is 0 Å². The van der Waals surface area contributed by atoms with E-state index >= 15 is 0 Å². The highest BCUT2D eigenvalue weighted by molar-refractivity contribution is 14.1. The van der Waals surface area contributed by atoms with Gasteiger partial charge < -0.3 is 0 Å². The van der Waals surface area contributed by atoms with E-state index < -0.39 is 0 Å². The number of hydrogen-bond acceptors (Lipinski definition) is 2. The first-order valence-corrected chi connectivity index (χ1v) is 8.45. The quantitative estimate of drug-likeness (QED) is 0.540. The molecule has 21 heavy (non-hydrogen) atoms. The standard InChI is InChI=1S/C16H12BrIN2O/c1-2-15-19-13-8-7-10(17)9-11(13)16(21)20(15)14-6-4-3-5-12(14)18/h3-9H,2H2,1H3. The molecule has 5 heteroatoms. The molecule has 0 aliphatic carbocycles. The van der Waals surface area contributed by atoms with Gasteiger partial charge >= 0.3 is 0 Å². The second-order valence-corrected chi connectivity index (χ2v) is 6.71. The van der Waals surface area contributed by atoms with E-state index in [4.69, 9.17) is 0 Å². The SMILES string of the molecule is CCc1nc2ccc(Br)cc2c(=O)n1-c1ccccc1I. The lowest BCUT2D eigenvalue weighted by Crippen LogP contribution is -2.24. The smallest absolute Gasteiger partial charge is 0.266 e. The van der Waals surface area contributed by atoms with E-state index in [1.54, 1.807) is 4.57 Å². The van der Waals surface area contributed by atoms with Crippen LogP contribution in [0.3, 0.4) is 0 Å². The zero-order valence-electron chi connectivity index (χ0n) is 11.3. The van der Waals surface area contributed by atoms with E-state index in [0.717, 1.165) is 25.1 Å². The summed E-state index contributed by atoms with van der Waals surface area (Å²) >= 11 is 5.67. The van der Waals surface area contributed by atoms with Crippen LogP contribution < -0.4 is 5.56 Å². The average molecular weight is 455 g/mol. The van der Waals surface area contributed by atoms with Crippen molar-refractivity contribution in [2.24, 2.45) is 0 Å². The minimum Gasteiger partial charge on any atom is -0.268 e. The number of nitrogens with zero attached hydrogens (tertiary/aromatic N) is 2. The van der Waals surface area contributed by atoms with E-state index in [1.165, 1.54) is 0 Å². The summed E-state index contributed by atoms with van der Waals surface area (Å²) in [4.78, 5) is 17.6. The van der Waals surface area contributed by atoms with Crippen LogP contribution in [-0.4, -0.2) is 9.55 Å². The molecule has 0 aliphatic heterocycles. The van der Waals surface area contributed by atoms with E-state index in [-0.39, 0.29) is 5.56 Å². The zero-order valence-corrected chi connectivity index (χ0v) is 15.1. The largest absolute Gasteiger partial charge is 0.268 e. The normalized spacial score (nSPS) is 11.0. The molecule has 0 saturated heterocycles. The van der Waals surface area contributed by atoms with Crippen molar-refractivity contribution in [1.29, 1.82) is 0 Å². The number of fused-ring (bicyclic) bond motifs is 1. The van der Waals surface area contributed by atoms with Crippen LogP contribution in [-0.2, 0) is 6.42 Å². The maximum atomic E-state index is 12.9. The summed E-state index contributed by atoms with van der Waals surface area (Å²) in [6.07, 6.45) is 0.701. The fraction of sp³-hybridized carbons (Fsp3) is 0.125. The highest BCUT2D eigenvalue weighted by atomic mass is 127. The molecule has 0 aliphatic rings. The molecule has 0 fully saturated rings. The number of benzene rings is 2. The van der Waals surface area contributed by atoms with Gasteiger partial charge in [0, 0.05) is 14.5 Å². The molecule has 0 bridgehead atoms. The molecule has 0 unspecified atom stereocenters. The van der Waals surface area contributed by atoms with Crippen LogP contribution in [0, 0.1) is 3.57 Å². The van der Waals surface area contributed by atoms with Crippen molar-refractivity contribution in [2.45, 2.75) is 13.3 Å².